The summed E-state index contributed by atoms with van der Waals surface area (Å²) >= 11 is 0. The number of nitrogens with zero attached hydrogens (tertiary/aromatic N) is 3. The summed E-state index contributed by atoms with van der Waals surface area (Å²) in [6, 6.07) is 18.1. The van der Waals surface area contributed by atoms with E-state index in [2.05, 4.69) is 27.3 Å². The van der Waals surface area contributed by atoms with Crippen molar-refractivity contribution in [2.24, 2.45) is 0 Å². The van der Waals surface area contributed by atoms with Gasteiger partial charge in [0.1, 0.15) is 6.23 Å². The highest BCUT2D eigenvalue weighted by Gasteiger charge is 2.25. The third kappa shape index (κ3) is 2.88. The molecule has 1 saturated heterocycles. The van der Waals surface area contributed by atoms with E-state index in [1.54, 1.807) is 0 Å². The molecule has 1 aliphatic heterocycles. The van der Waals surface area contributed by atoms with E-state index in [4.69, 9.17) is 9.72 Å². The molecule has 5 heteroatoms. The maximum absolute atomic E-state index is 5.94. The Morgan fingerprint density at radius 2 is 1.87 bits per heavy atom. The van der Waals surface area contributed by atoms with Gasteiger partial charge in [-0.3, -0.25) is 4.90 Å². The van der Waals surface area contributed by atoms with Crippen LogP contribution < -0.4 is 10.2 Å². The molecule has 0 amide bonds. The summed E-state index contributed by atoms with van der Waals surface area (Å²) in [4.78, 5) is 11.4. The minimum absolute atomic E-state index is 0.118. The van der Waals surface area contributed by atoms with Gasteiger partial charge in [0.25, 0.3) is 0 Å². The van der Waals surface area contributed by atoms with Gasteiger partial charge in [-0.1, -0.05) is 36.4 Å². The van der Waals surface area contributed by atoms with Crippen molar-refractivity contribution in [3.05, 3.63) is 60.8 Å². The van der Waals surface area contributed by atoms with E-state index in [1.165, 1.54) is 0 Å². The van der Waals surface area contributed by atoms with Gasteiger partial charge < -0.3 is 10.1 Å². The SMILES string of the molecule is c1ccc(N(c2ncc3ccccc3n2)C2CNCCO2)cc1. The molecule has 1 N–H and O–H groups in total. The molecule has 0 radical (unpaired) electrons. The molecule has 0 spiro atoms. The molecular formula is C18H18N4O. The summed E-state index contributed by atoms with van der Waals surface area (Å²) in [6.45, 7) is 2.30. The molecule has 1 atom stereocenters. The lowest BCUT2D eigenvalue weighted by Crippen LogP contribution is -2.48. The number of fused-ring (bicyclic) bond motifs is 1. The molecule has 0 saturated carbocycles. The lowest BCUT2D eigenvalue weighted by Gasteiger charge is -2.34. The highest BCUT2D eigenvalue weighted by Crippen LogP contribution is 2.27. The summed E-state index contributed by atoms with van der Waals surface area (Å²) in [5, 5.41) is 4.40. The smallest absolute Gasteiger partial charge is 0.232 e. The van der Waals surface area contributed by atoms with Crippen molar-refractivity contribution in [2.75, 3.05) is 24.6 Å². The second-order valence-corrected chi connectivity index (χ2v) is 5.46. The number of para-hydroxylation sites is 2. The van der Waals surface area contributed by atoms with Crippen molar-refractivity contribution in [3.8, 4) is 0 Å². The summed E-state index contributed by atoms with van der Waals surface area (Å²) in [5.41, 5.74) is 1.96. The summed E-state index contributed by atoms with van der Waals surface area (Å²) in [6.07, 6.45) is 1.75. The first kappa shape index (κ1) is 14.1. The Morgan fingerprint density at radius 3 is 2.70 bits per heavy atom. The molecule has 0 bridgehead atoms. The standard InChI is InChI=1S/C18H18N4O/c1-2-7-15(8-3-1)22(17-13-19-10-11-23-17)18-20-12-14-6-4-5-9-16(14)21-18/h1-9,12,17,19H,10-11,13H2. The van der Waals surface area contributed by atoms with Crippen molar-refractivity contribution in [3.63, 3.8) is 0 Å². The quantitative estimate of drug-likeness (QED) is 0.806. The molecule has 5 nitrogen and oxygen atoms in total. The average Bonchev–Trinajstić information content (AvgIpc) is 2.64. The Morgan fingerprint density at radius 1 is 1.04 bits per heavy atom. The summed E-state index contributed by atoms with van der Waals surface area (Å²) in [7, 11) is 0. The number of rotatable bonds is 3. The van der Waals surface area contributed by atoms with Gasteiger partial charge in [-0.05, 0) is 18.2 Å². The van der Waals surface area contributed by atoms with Crippen LogP contribution in [0.2, 0.25) is 0 Å². The van der Waals surface area contributed by atoms with Crippen molar-refractivity contribution >= 4 is 22.5 Å². The van der Waals surface area contributed by atoms with E-state index in [1.807, 2.05) is 48.7 Å². The molecular weight excluding hydrogens is 288 g/mol. The average molecular weight is 306 g/mol. The van der Waals surface area contributed by atoms with Crippen LogP contribution in [-0.2, 0) is 4.74 Å². The lowest BCUT2D eigenvalue weighted by molar-refractivity contribution is 0.0325. The Bertz CT molecular complexity index is 787. The minimum Gasteiger partial charge on any atom is -0.355 e. The molecule has 1 fully saturated rings. The van der Waals surface area contributed by atoms with Crippen LogP contribution in [-0.4, -0.2) is 35.9 Å². The zero-order valence-corrected chi connectivity index (χ0v) is 12.7. The van der Waals surface area contributed by atoms with Crippen LogP contribution in [0.3, 0.4) is 0 Å². The number of ether oxygens (including phenoxy) is 1. The van der Waals surface area contributed by atoms with Gasteiger partial charge in [0, 0.05) is 30.4 Å². The maximum atomic E-state index is 5.94. The number of morpholine rings is 1. The summed E-state index contributed by atoms with van der Waals surface area (Å²) in [5.74, 6) is 0.656. The fourth-order valence-electron chi connectivity index (χ4n) is 2.80. The van der Waals surface area contributed by atoms with Crippen LogP contribution in [0.15, 0.2) is 60.8 Å². The van der Waals surface area contributed by atoms with E-state index in [0.717, 1.165) is 29.7 Å². The van der Waals surface area contributed by atoms with Crippen molar-refractivity contribution in [1.29, 1.82) is 0 Å². The molecule has 4 rings (SSSR count). The fraction of sp³-hybridized carbons (Fsp3) is 0.222. The van der Waals surface area contributed by atoms with E-state index in [-0.39, 0.29) is 6.23 Å². The number of hydrogen-bond donors (Lipinski definition) is 1. The second kappa shape index (κ2) is 6.32. The Balaban J connectivity index is 1.79. The summed E-state index contributed by atoms with van der Waals surface area (Å²) < 4.78 is 5.94. The Kier molecular flexibility index (Phi) is 3.88. The number of hydrogen-bond acceptors (Lipinski definition) is 5. The zero-order chi connectivity index (χ0) is 15.5. The maximum Gasteiger partial charge on any atom is 0.232 e. The van der Waals surface area contributed by atoms with Crippen LogP contribution in [0.1, 0.15) is 0 Å². The second-order valence-electron chi connectivity index (χ2n) is 5.46. The van der Waals surface area contributed by atoms with Gasteiger partial charge in [0.15, 0.2) is 0 Å². The van der Waals surface area contributed by atoms with Crippen molar-refractivity contribution < 1.29 is 4.74 Å². The van der Waals surface area contributed by atoms with Crippen LogP contribution in [0.25, 0.3) is 10.9 Å². The predicted molar refractivity (Wildman–Crippen MR) is 90.7 cm³/mol. The molecule has 23 heavy (non-hydrogen) atoms. The van der Waals surface area contributed by atoms with Crippen LogP contribution in [0.5, 0.6) is 0 Å². The minimum atomic E-state index is -0.118. The molecule has 3 aromatic rings. The first-order valence-corrected chi connectivity index (χ1v) is 7.80. The van der Waals surface area contributed by atoms with Gasteiger partial charge in [0.05, 0.1) is 12.1 Å². The predicted octanol–water partition coefficient (Wildman–Crippen LogP) is 2.71. The topological polar surface area (TPSA) is 50.3 Å². The largest absolute Gasteiger partial charge is 0.355 e. The molecule has 1 unspecified atom stereocenters. The van der Waals surface area contributed by atoms with Crippen LogP contribution in [0.4, 0.5) is 11.6 Å². The first-order chi connectivity index (χ1) is 11.4. The lowest BCUT2D eigenvalue weighted by atomic mass is 10.2. The molecule has 2 heterocycles. The third-order valence-electron chi connectivity index (χ3n) is 3.92. The molecule has 0 aliphatic carbocycles. The Hall–Kier alpha value is -2.50. The number of benzene rings is 2. The normalized spacial score (nSPS) is 18.0. The number of anilines is 2. The van der Waals surface area contributed by atoms with Crippen molar-refractivity contribution in [1.82, 2.24) is 15.3 Å². The van der Waals surface area contributed by atoms with Gasteiger partial charge in [-0.25, -0.2) is 9.97 Å². The Labute approximate surface area is 134 Å². The highest BCUT2D eigenvalue weighted by atomic mass is 16.5. The fourth-order valence-corrected chi connectivity index (χ4v) is 2.80. The molecule has 1 aromatic heterocycles. The van der Waals surface area contributed by atoms with Gasteiger partial charge >= 0.3 is 0 Å². The van der Waals surface area contributed by atoms with E-state index in [9.17, 15) is 0 Å². The highest BCUT2D eigenvalue weighted by molar-refractivity contribution is 5.79. The zero-order valence-electron chi connectivity index (χ0n) is 12.7. The van der Waals surface area contributed by atoms with Gasteiger partial charge in [-0.2, -0.15) is 0 Å². The van der Waals surface area contributed by atoms with Crippen LogP contribution in [0, 0.1) is 0 Å². The molecule has 116 valence electrons. The van der Waals surface area contributed by atoms with Gasteiger partial charge in [-0.15, -0.1) is 0 Å². The van der Waals surface area contributed by atoms with Crippen LogP contribution >= 0.6 is 0 Å². The van der Waals surface area contributed by atoms with Crippen molar-refractivity contribution in [2.45, 2.75) is 6.23 Å². The number of aromatic nitrogens is 2. The molecule has 1 aliphatic rings. The van der Waals surface area contributed by atoms with E-state index >= 15 is 0 Å². The van der Waals surface area contributed by atoms with E-state index < -0.39 is 0 Å². The monoisotopic (exact) mass is 306 g/mol. The van der Waals surface area contributed by atoms with Gasteiger partial charge in [0.2, 0.25) is 5.95 Å². The molecule has 2 aromatic carbocycles. The first-order valence-electron chi connectivity index (χ1n) is 7.80. The number of nitrogens with one attached hydrogen (secondary N) is 1. The third-order valence-corrected chi connectivity index (χ3v) is 3.92. The van der Waals surface area contributed by atoms with E-state index in [0.29, 0.717) is 12.6 Å².